The molecule has 1 rings (SSSR count). The number of amides is 1. The predicted molar refractivity (Wildman–Crippen MR) is 99.4 cm³/mol. The SMILES string of the molecule is CCNC(=NCC(=O)OC(C)(C)C)NCC1(C(=O)N(C)C)CCCC1. The summed E-state index contributed by atoms with van der Waals surface area (Å²) in [7, 11) is 3.59. The first-order valence-electron chi connectivity index (χ1n) is 9.05. The third-order valence-corrected chi connectivity index (χ3v) is 4.15. The normalized spacial score (nSPS) is 17.1. The van der Waals surface area contributed by atoms with Gasteiger partial charge in [0, 0.05) is 27.2 Å². The summed E-state index contributed by atoms with van der Waals surface area (Å²) in [6, 6.07) is 0. The first-order valence-corrected chi connectivity index (χ1v) is 9.05. The summed E-state index contributed by atoms with van der Waals surface area (Å²) in [5.74, 6) is 0.316. The van der Waals surface area contributed by atoms with Gasteiger partial charge in [-0.15, -0.1) is 0 Å². The molecule has 0 radical (unpaired) electrons. The molecule has 0 saturated heterocycles. The highest BCUT2D eigenvalue weighted by Gasteiger charge is 2.42. The Morgan fingerprint density at radius 3 is 2.24 bits per heavy atom. The van der Waals surface area contributed by atoms with E-state index in [0.717, 1.165) is 25.7 Å². The molecule has 1 aliphatic carbocycles. The fourth-order valence-electron chi connectivity index (χ4n) is 3.10. The van der Waals surface area contributed by atoms with Crippen LogP contribution in [0.2, 0.25) is 0 Å². The van der Waals surface area contributed by atoms with Gasteiger partial charge < -0.3 is 20.3 Å². The molecule has 1 saturated carbocycles. The molecule has 1 amide bonds. The third kappa shape index (κ3) is 6.92. The van der Waals surface area contributed by atoms with Gasteiger partial charge in [-0.1, -0.05) is 12.8 Å². The van der Waals surface area contributed by atoms with Gasteiger partial charge in [0.2, 0.25) is 5.91 Å². The maximum atomic E-state index is 12.6. The van der Waals surface area contributed by atoms with E-state index in [4.69, 9.17) is 4.74 Å². The summed E-state index contributed by atoms with van der Waals surface area (Å²) in [4.78, 5) is 30.4. The van der Waals surface area contributed by atoms with Crippen LogP contribution in [-0.4, -0.2) is 62.1 Å². The summed E-state index contributed by atoms with van der Waals surface area (Å²) in [6.45, 7) is 8.58. The van der Waals surface area contributed by atoms with E-state index in [1.165, 1.54) is 0 Å². The van der Waals surface area contributed by atoms with Crippen molar-refractivity contribution in [1.82, 2.24) is 15.5 Å². The number of ether oxygens (including phenoxy) is 1. The van der Waals surface area contributed by atoms with Crippen molar-refractivity contribution in [2.45, 2.75) is 59.0 Å². The van der Waals surface area contributed by atoms with E-state index in [9.17, 15) is 9.59 Å². The largest absolute Gasteiger partial charge is 0.459 e. The number of guanidine groups is 1. The van der Waals surface area contributed by atoms with Crippen molar-refractivity contribution in [1.29, 1.82) is 0 Å². The molecule has 7 nitrogen and oxygen atoms in total. The number of hydrogen-bond acceptors (Lipinski definition) is 4. The van der Waals surface area contributed by atoms with Crippen molar-refractivity contribution in [2.75, 3.05) is 33.7 Å². The van der Waals surface area contributed by atoms with Crippen molar-refractivity contribution >= 4 is 17.8 Å². The maximum absolute atomic E-state index is 12.6. The molecule has 0 aromatic heterocycles. The minimum Gasteiger partial charge on any atom is -0.459 e. The fraction of sp³-hybridized carbons (Fsp3) is 0.833. The Labute approximate surface area is 151 Å². The summed E-state index contributed by atoms with van der Waals surface area (Å²) in [5.41, 5.74) is -0.907. The number of esters is 1. The van der Waals surface area contributed by atoms with E-state index in [1.54, 1.807) is 19.0 Å². The van der Waals surface area contributed by atoms with Crippen molar-refractivity contribution in [3.05, 3.63) is 0 Å². The molecule has 0 spiro atoms. The van der Waals surface area contributed by atoms with Crippen LogP contribution in [0.1, 0.15) is 53.4 Å². The molecule has 0 atom stereocenters. The van der Waals surface area contributed by atoms with Gasteiger partial charge in [-0.2, -0.15) is 0 Å². The quantitative estimate of drug-likeness (QED) is 0.429. The number of rotatable bonds is 6. The van der Waals surface area contributed by atoms with Crippen LogP contribution >= 0.6 is 0 Å². The van der Waals surface area contributed by atoms with Crippen LogP contribution in [-0.2, 0) is 14.3 Å². The lowest BCUT2D eigenvalue weighted by Crippen LogP contribution is -2.49. The van der Waals surface area contributed by atoms with Gasteiger partial charge in [-0.3, -0.25) is 9.59 Å². The number of hydrogen-bond donors (Lipinski definition) is 2. The van der Waals surface area contributed by atoms with Gasteiger partial charge in [0.1, 0.15) is 12.1 Å². The van der Waals surface area contributed by atoms with Gasteiger partial charge in [-0.25, -0.2) is 4.99 Å². The van der Waals surface area contributed by atoms with Crippen molar-refractivity contribution < 1.29 is 14.3 Å². The summed E-state index contributed by atoms with van der Waals surface area (Å²) in [6.07, 6.45) is 3.88. The Bertz CT molecular complexity index is 489. The lowest BCUT2D eigenvalue weighted by atomic mass is 9.84. The van der Waals surface area contributed by atoms with Crippen LogP contribution in [0.25, 0.3) is 0 Å². The minimum atomic E-state index is -0.523. The van der Waals surface area contributed by atoms with Crippen molar-refractivity contribution in [3.63, 3.8) is 0 Å². The lowest BCUT2D eigenvalue weighted by Gasteiger charge is -2.31. The number of aliphatic imine (C=N–C) groups is 1. The van der Waals surface area contributed by atoms with Gasteiger partial charge >= 0.3 is 5.97 Å². The van der Waals surface area contributed by atoms with Crippen molar-refractivity contribution in [3.8, 4) is 0 Å². The Balaban J connectivity index is 2.71. The highest BCUT2D eigenvalue weighted by atomic mass is 16.6. The second-order valence-corrected chi connectivity index (χ2v) is 7.82. The topological polar surface area (TPSA) is 83.0 Å². The average molecular weight is 354 g/mol. The maximum Gasteiger partial charge on any atom is 0.328 e. The second-order valence-electron chi connectivity index (χ2n) is 7.82. The third-order valence-electron chi connectivity index (χ3n) is 4.15. The number of nitrogens with zero attached hydrogens (tertiary/aromatic N) is 2. The number of carbonyl (C=O) groups excluding carboxylic acids is 2. The molecule has 0 aromatic carbocycles. The Kier molecular flexibility index (Phi) is 7.70. The van der Waals surface area contributed by atoms with Gasteiger partial charge in [0.05, 0.1) is 5.41 Å². The molecule has 1 fully saturated rings. The van der Waals surface area contributed by atoms with Crippen LogP contribution in [0, 0.1) is 5.41 Å². The minimum absolute atomic E-state index is 0.0543. The molecule has 0 heterocycles. The first kappa shape index (κ1) is 21.3. The standard InChI is InChI=1S/C18H34N4O3/c1-7-19-16(20-12-14(23)25-17(2,3)4)21-13-18(10-8-9-11-18)15(24)22(5)6/h7-13H2,1-6H3,(H2,19,20,21). The molecule has 144 valence electrons. The Morgan fingerprint density at radius 1 is 1.16 bits per heavy atom. The summed E-state index contributed by atoms with van der Waals surface area (Å²) >= 11 is 0. The molecular weight excluding hydrogens is 320 g/mol. The summed E-state index contributed by atoms with van der Waals surface area (Å²) in [5, 5.41) is 6.36. The molecule has 0 aromatic rings. The van der Waals surface area contributed by atoms with E-state index in [2.05, 4.69) is 15.6 Å². The molecule has 7 heteroatoms. The first-order chi connectivity index (χ1) is 11.6. The molecule has 0 aliphatic heterocycles. The van der Waals surface area contributed by atoms with E-state index >= 15 is 0 Å². The monoisotopic (exact) mass is 354 g/mol. The second kappa shape index (κ2) is 9.06. The van der Waals surface area contributed by atoms with Crippen LogP contribution in [0.15, 0.2) is 4.99 Å². The zero-order valence-electron chi connectivity index (χ0n) is 16.6. The Hall–Kier alpha value is -1.79. The predicted octanol–water partition coefficient (Wildman–Crippen LogP) is 1.53. The van der Waals surface area contributed by atoms with Gasteiger partial charge in [0.15, 0.2) is 5.96 Å². The highest BCUT2D eigenvalue weighted by molar-refractivity contribution is 5.86. The number of carbonyl (C=O) groups is 2. The Morgan fingerprint density at radius 2 is 1.76 bits per heavy atom. The van der Waals surface area contributed by atoms with Gasteiger partial charge in [-0.05, 0) is 40.5 Å². The molecular formula is C18H34N4O3. The molecule has 25 heavy (non-hydrogen) atoms. The fourth-order valence-corrected chi connectivity index (χ4v) is 3.10. The van der Waals surface area contributed by atoms with E-state index in [1.807, 2.05) is 27.7 Å². The van der Waals surface area contributed by atoms with Crippen LogP contribution in [0.3, 0.4) is 0 Å². The zero-order valence-corrected chi connectivity index (χ0v) is 16.6. The summed E-state index contributed by atoms with van der Waals surface area (Å²) < 4.78 is 5.27. The van der Waals surface area contributed by atoms with Crippen LogP contribution in [0.5, 0.6) is 0 Å². The highest BCUT2D eigenvalue weighted by Crippen LogP contribution is 2.38. The molecule has 0 bridgehead atoms. The van der Waals surface area contributed by atoms with Crippen LogP contribution in [0.4, 0.5) is 0 Å². The van der Waals surface area contributed by atoms with Gasteiger partial charge in [0.25, 0.3) is 0 Å². The molecule has 1 aliphatic rings. The average Bonchev–Trinajstić information content (AvgIpc) is 2.97. The molecule has 2 N–H and O–H groups in total. The van der Waals surface area contributed by atoms with E-state index in [0.29, 0.717) is 19.0 Å². The van der Waals surface area contributed by atoms with Crippen molar-refractivity contribution in [2.24, 2.45) is 10.4 Å². The molecule has 0 unspecified atom stereocenters. The van der Waals surface area contributed by atoms with E-state index in [-0.39, 0.29) is 23.8 Å². The number of nitrogens with one attached hydrogen (secondary N) is 2. The smallest absolute Gasteiger partial charge is 0.328 e. The lowest BCUT2D eigenvalue weighted by molar-refractivity contribution is -0.152. The van der Waals surface area contributed by atoms with E-state index < -0.39 is 5.60 Å². The zero-order chi connectivity index (χ0) is 19.1. The van der Waals surface area contributed by atoms with Crippen LogP contribution < -0.4 is 10.6 Å².